The fourth-order valence-corrected chi connectivity index (χ4v) is 5.06. The third kappa shape index (κ3) is 4.18. The van der Waals surface area contributed by atoms with Crippen molar-refractivity contribution in [2.45, 2.75) is 45.8 Å². The van der Waals surface area contributed by atoms with Crippen molar-refractivity contribution in [3.05, 3.63) is 61.9 Å². The molecule has 1 saturated heterocycles. The lowest BCUT2D eigenvalue weighted by atomic mass is 10.0. The van der Waals surface area contributed by atoms with Crippen LogP contribution in [0.25, 0.3) is 0 Å². The minimum Gasteiger partial charge on any atom is -0.333 e. The summed E-state index contributed by atoms with van der Waals surface area (Å²) in [5.41, 5.74) is 4.69. The number of urea groups is 1. The molecule has 2 aromatic rings. The van der Waals surface area contributed by atoms with E-state index in [0.29, 0.717) is 47.9 Å². The minimum atomic E-state index is -0.492. The van der Waals surface area contributed by atoms with Crippen LogP contribution in [0.1, 0.15) is 44.8 Å². The third-order valence-corrected chi connectivity index (χ3v) is 7.10. The Balaban J connectivity index is 1.40. The molecule has 1 aromatic heterocycles. The second-order valence-corrected chi connectivity index (χ2v) is 9.23. The van der Waals surface area contributed by atoms with Gasteiger partial charge in [-0.3, -0.25) is 9.59 Å². The lowest BCUT2D eigenvalue weighted by Gasteiger charge is -2.31. The van der Waals surface area contributed by atoms with E-state index in [2.05, 4.69) is 22.5 Å². The number of aryl methyl sites for hydroxylation is 2. The first kappa shape index (κ1) is 21.4. The topological polar surface area (TPSA) is 90.5 Å². The van der Waals surface area contributed by atoms with Crippen LogP contribution in [0, 0.1) is 13.8 Å². The third-order valence-electron chi connectivity index (χ3n) is 5.66. The van der Waals surface area contributed by atoms with E-state index in [1.54, 1.807) is 16.3 Å². The Morgan fingerprint density at radius 3 is 2.84 bits per heavy atom. The van der Waals surface area contributed by atoms with Gasteiger partial charge < -0.3 is 20.9 Å². The number of piperidine rings is 1. The maximum Gasteiger partial charge on any atom is 0.319 e. The fraction of sp³-hybridized carbons (Fsp3) is 0.318. The molecule has 2 aliphatic rings. The highest BCUT2D eigenvalue weighted by atomic mass is 35.5. The molecule has 1 atom stereocenters. The van der Waals surface area contributed by atoms with Crippen molar-refractivity contribution in [3.63, 3.8) is 0 Å². The maximum absolute atomic E-state index is 12.8. The molecular weight excluding hydrogens is 436 g/mol. The van der Waals surface area contributed by atoms with Crippen molar-refractivity contribution in [1.29, 1.82) is 0 Å². The van der Waals surface area contributed by atoms with E-state index in [1.165, 1.54) is 11.3 Å². The summed E-state index contributed by atoms with van der Waals surface area (Å²) in [5.74, 6) is -0.329. The Kier molecular flexibility index (Phi) is 5.77. The lowest BCUT2D eigenvalue weighted by molar-refractivity contribution is -0.126. The standard InChI is InChI=1S/C22H23ClN4O3S/c1-11-6-12(2)17(7-16(11)23)26-22(30)24-8-19-14-9-27(21(29)15(14)10-31-19)18-5-4-13(3)25-20(18)28/h6-7,10,18H,3-5,8-9H2,1-2H3,(H,25,28)(H2,24,26,30). The Labute approximate surface area is 189 Å². The highest BCUT2D eigenvalue weighted by Crippen LogP contribution is 2.34. The van der Waals surface area contributed by atoms with E-state index in [-0.39, 0.29) is 17.8 Å². The van der Waals surface area contributed by atoms with Crippen LogP contribution in [0.4, 0.5) is 10.5 Å². The van der Waals surface area contributed by atoms with Gasteiger partial charge in [0.2, 0.25) is 5.91 Å². The van der Waals surface area contributed by atoms with Crippen LogP contribution in [0.3, 0.4) is 0 Å². The number of carbonyl (C=O) groups is 3. The van der Waals surface area contributed by atoms with Gasteiger partial charge in [-0.2, -0.15) is 0 Å². The highest BCUT2D eigenvalue weighted by Gasteiger charge is 2.39. The fourth-order valence-electron chi connectivity index (χ4n) is 3.92. The average molecular weight is 459 g/mol. The van der Waals surface area contributed by atoms with Crippen LogP contribution < -0.4 is 16.0 Å². The van der Waals surface area contributed by atoms with Crippen molar-refractivity contribution < 1.29 is 14.4 Å². The average Bonchev–Trinajstić information content (AvgIpc) is 3.25. The van der Waals surface area contributed by atoms with E-state index in [0.717, 1.165) is 21.6 Å². The summed E-state index contributed by atoms with van der Waals surface area (Å²) in [6.07, 6.45) is 1.22. The monoisotopic (exact) mass is 458 g/mol. The molecule has 3 heterocycles. The molecule has 0 spiro atoms. The van der Waals surface area contributed by atoms with Crippen LogP contribution in [0.5, 0.6) is 0 Å². The van der Waals surface area contributed by atoms with Gasteiger partial charge in [-0.25, -0.2) is 4.79 Å². The molecule has 2 aliphatic heterocycles. The molecule has 4 rings (SSSR count). The van der Waals surface area contributed by atoms with Gasteiger partial charge in [0, 0.05) is 33.2 Å². The number of benzene rings is 1. The highest BCUT2D eigenvalue weighted by molar-refractivity contribution is 7.10. The summed E-state index contributed by atoms with van der Waals surface area (Å²) in [6, 6.07) is 2.81. The van der Waals surface area contributed by atoms with E-state index in [4.69, 9.17) is 11.6 Å². The van der Waals surface area contributed by atoms with Crippen LogP contribution in [-0.4, -0.2) is 28.8 Å². The zero-order valence-corrected chi connectivity index (χ0v) is 18.9. The second-order valence-electron chi connectivity index (χ2n) is 7.86. The summed E-state index contributed by atoms with van der Waals surface area (Å²) >= 11 is 7.60. The summed E-state index contributed by atoms with van der Waals surface area (Å²) in [4.78, 5) is 40.1. The molecule has 0 aliphatic carbocycles. The first-order valence-electron chi connectivity index (χ1n) is 9.95. The van der Waals surface area contributed by atoms with Crippen molar-refractivity contribution >= 4 is 46.5 Å². The first-order chi connectivity index (χ1) is 14.7. The molecule has 3 N–H and O–H groups in total. The Morgan fingerprint density at radius 1 is 1.32 bits per heavy atom. The van der Waals surface area contributed by atoms with Crippen LogP contribution in [0.15, 0.2) is 29.8 Å². The molecule has 0 radical (unpaired) electrons. The summed E-state index contributed by atoms with van der Waals surface area (Å²) in [7, 11) is 0. The molecule has 7 nitrogen and oxygen atoms in total. The van der Waals surface area contributed by atoms with Crippen LogP contribution >= 0.6 is 22.9 Å². The first-order valence-corrected chi connectivity index (χ1v) is 11.2. The van der Waals surface area contributed by atoms with E-state index >= 15 is 0 Å². The second kappa shape index (κ2) is 8.36. The quantitative estimate of drug-likeness (QED) is 0.644. The number of thiophene rings is 1. The molecule has 162 valence electrons. The number of hydrogen-bond acceptors (Lipinski definition) is 4. The number of allylic oxidation sites excluding steroid dienone is 1. The van der Waals surface area contributed by atoms with Gasteiger partial charge in [0.25, 0.3) is 5.91 Å². The minimum absolute atomic E-state index is 0.139. The van der Waals surface area contributed by atoms with Crippen molar-refractivity contribution in [3.8, 4) is 0 Å². The van der Waals surface area contributed by atoms with Gasteiger partial charge in [0.15, 0.2) is 0 Å². The van der Waals surface area contributed by atoms with Gasteiger partial charge in [0.05, 0.1) is 12.1 Å². The summed E-state index contributed by atoms with van der Waals surface area (Å²) in [5, 5.41) is 10.8. The number of nitrogens with zero attached hydrogens (tertiary/aromatic N) is 1. The Hall–Kier alpha value is -2.84. The number of carbonyl (C=O) groups excluding carboxylic acids is 3. The van der Waals surface area contributed by atoms with Gasteiger partial charge in [0.1, 0.15) is 6.04 Å². The van der Waals surface area contributed by atoms with Gasteiger partial charge in [-0.1, -0.05) is 24.2 Å². The molecule has 0 bridgehead atoms. The van der Waals surface area contributed by atoms with Gasteiger partial charge in [-0.15, -0.1) is 11.3 Å². The Morgan fingerprint density at radius 2 is 2.10 bits per heavy atom. The molecule has 4 amide bonds. The number of rotatable bonds is 4. The summed E-state index contributed by atoms with van der Waals surface area (Å²) in [6.45, 7) is 8.26. The smallest absolute Gasteiger partial charge is 0.319 e. The van der Waals surface area contributed by atoms with Crippen LogP contribution in [0.2, 0.25) is 5.02 Å². The normalized spacial score (nSPS) is 18.1. The molecule has 1 fully saturated rings. The molecular formula is C22H23ClN4O3S. The van der Waals surface area contributed by atoms with Gasteiger partial charge in [-0.05, 0) is 49.4 Å². The number of fused-ring (bicyclic) bond motifs is 1. The maximum atomic E-state index is 12.8. The van der Waals surface area contributed by atoms with E-state index < -0.39 is 6.04 Å². The molecule has 1 unspecified atom stereocenters. The molecule has 0 saturated carbocycles. The lowest BCUT2D eigenvalue weighted by Crippen LogP contribution is -2.49. The largest absolute Gasteiger partial charge is 0.333 e. The Bertz CT molecular complexity index is 1110. The number of hydrogen-bond donors (Lipinski definition) is 3. The van der Waals surface area contributed by atoms with Gasteiger partial charge >= 0.3 is 6.03 Å². The van der Waals surface area contributed by atoms with Crippen molar-refractivity contribution in [1.82, 2.24) is 15.5 Å². The predicted molar refractivity (Wildman–Crippen MR) is 121 cm³/mol. The molecule has 1 aromatic carbocycles. The molecule has 9 heteroatoms. The SMILES string of the molecule is C=C1CCC(N2Cc3c(csc3CNC(=O)Nc3cc(Cl)c(C)cc3C)C2=O)C(=O)N1. The predicted octanol–water partition coefficient (Wildman–Crippen LogP) is 4.09. The number of halogens is 1. The zero-order valence-electron chi connectivity index (χ0n) is 17.3. The van der Waals surface area contributed by atoms with Crippen molar-refractivity contribution in [2.24, 2.45) is 0 Å². The summed E-state index contributed by atoms with van der Waals surface area (Å²) < 4.78 is 0. The number of amides is 4. The number of nitrogens with one attached hydrogen (secondary N) is 3. The number of anilines is 1. The molecule has 31 heavy (non-hydrogen) atoms. The van der Waals surface area contributed by atoms with Crippen molar-refractivity contribution in [2.75, 3.05) is 5.32 Å². The van der Waals surface area contributed by atoms with E-state index in [1.807, 2.05) is 19.9 Å². The van der Waals surface area contributed by atoms with E-state index in [9.17, 15) is 14.4 Å². The van der Waals surface area contributed by atoms with Crippen LogP contribution in [-0.2, 0) is 17.9 Å². The zero-order chi connectivity index (χ0) is 22.3.